The minimum absolute atomic E-state index is 0.0305. The molecule has 0 aromatic rings. The van der Waals surface area contributed by atoms with Gasteiger partial charge in [-0.1, -0.05) is 91.9 Å². The van der Waals surface area contributed by atoms with Crippen LogP contribution in [0.2, 0.25) is 0 Å². The van der Waals surface area contributed by atoms with Crippen molar-refractivity contribution in [2.24, 2.45) is 53.3 Å². The maximum absolute atomic E-state index is 14.4. The molecule has 0 aliphatic heterocycles. The molecule has 6 aliphatic carbocycles. The molecule has 15 heteroatoms. The number of hydrogen-bond donors (Lipinski definition) is 6. The zero-order valence-corrected chi connectivity index (χ0v) is 45.4. The summed E-state index contributed by atoms with van der Waals surface area (Å²) in [7, 11) is 0. The summed E-state index contributed by atoms with van der Waals surface area (Å²) in [6.07, 6.45) is 20.9. The number of hydrogen-bond acceptors (Lipinski definition) is 9. The summed E-state index contributed by atoms with van der Waals surface area (Å²) in [5, 5.41) is 19.8. The lowest BCUT2D eigenvalue weighted by Crippen LogP contribution is -2.55. The lowest BCUT2D eigenvalue weighted by Gasteiger charge is -2.39. The Balaban J connectivity index is 1.03. The van der Waals surface area contributed by atoms with Crippen molar-refractivity contribution in [1.82, 2.24) is 31.9 Å². The Hall–Kier alpha value is -3.91. The highest BCUT2D eigenvalue weighted by Crippen LogP contribution is 2.39. The van der Waals surface area contributed by atoms with E-state index in [2.05, 4.69) is 38.8 Å². The second-order valence-corrected chi connectivity index (χ2v) is 23.9. The van der Waals surface area contributed by atoms with Gasteiger partial charge in [-0.15, -0.1) is 0 Å². The molecule has 6 N–H and O–H groups in total. The molecule has 0 spiro atoms. The first kappa shape index (κ1) is 57.4. The molecule has 0 radical (unpaired) electrons. The van der Waals surface area contributed by atoms with E-state index in [1.165, 1.54) is 0 Å². The fourth-order valence-corrected chi connectivity index (χ4v) is 14.1. The number of unbranched alkanes of at least 4 members (excludes halogenated alkanes) is 1. The molecule has 6 amide bonds. The van der Waals surface area contributed by atoms with Gasteiger partial charge in [-0.25, -0.2) is 4.79 Å². The molecule has 408 valence electrons. The Morgan fingerprint density at radius 2 is 0.778 bits per heavy atom. The second-order valence-electron chi connectivity index (χ2n) is 23.9. The van der Waals surface area contributed by atoms with Crippen molar-refractivity contribution in [1.29, 1.82) is 0 Å². The summed E-state index contributed by atoms with van der Waals surface area (Å²) in [6.45, 7) is 14.1. The number of rotatable bonds is 21. The third-order valence-electron chi connectivity index (χ3n) is 17.9. The van der Waals surface area contributed by atoms with Gasteiger partial charge < -0.3 is 41.4 Å². The maximum atomic E-state index is 14.4. The summed E-state index contributed by atoms with van der Waals surface area (Å²) in [4.78, 5) is 96.8. The van der Waals surface area contributed by atoms with Gasteiger partial charge in [0.2, 0.25) is 29.5 Å². The third kappa shape index (κ3) is 15.3. The quantitative estimate of drug-likeness (QED) is 0.0479. The summed E-state index contributed by atoms with van der Waals surface area (Å²) in [5.41, 5.74) is -0.637. The maximum Gasteiger partial charge on any atom is 0.407 e. The van der Waals surface area contributed by atoms with E-state index in [1.54, 1.807) is 0 Å². The standard InChI is InChI=1S/C57H96N6O9/c1-8-12-34-71-55(69)37(11-4)40-24-15-18-30-46(40)60-53(67)42-26-20-32-48(42)62-50(64)35(9-2)38-22-13-16-28-44(38)58-52(66)41-25-19-31-47(41)61-51(65)36(10-3)39-23-14-17-29-45(39)59-54(68)43-27-21-33-49(43)63-56(70)72-57(5,6)7/h35-49H,8-34H2,1-7H3,(H,58,66)(H,59,68)(H,60,67)(H,61,65)(H,62,64)(H,63,70)/t35-,36-,37-,38-,39-,40-,41-,42-,43-,44-,45-,46-,47-,48-,49-/m1/s1. The van der Waals surface area contributed by atoms with E-state index in [4.69, 9.17) is 9.47 Å². The molecule has 6 rings (SSSR count). The zero-order chi connectivity index (χ0) is 52.0. The first-order valence-electron chi connectivity index (χ1n) is 29.2. The molecule has 6 aliphatic rings. The second kappa shape index (κ2) is 27.6. The van der Waals surface area contributed by atoms with Gasteiger partial charge in [-0.2, -0.15) is 0 Å². The van der Waals surface area contributed by atoms with Gasteiger partial charge in [-0.3, -0.25) is 28.8 Å². The minimum Gasteiger partial charge on any atom is -0.465 e. The molecular weight excluding hydrogens is 913 g/mol. The van der Waals surface area contributed by atoms with Crippen LogP contribution in [-0.2, 0) is 38.2 Å². The van der Waals surface area contributed by atoms with Crippen LogP contribution in [0.15, 0.2) is 0 Å². The first-order chi connectivity index (χ1) is 34.6. The number of nitrogens with one attached hydrogen (secondary N) is 6. The third-order valence-corrected chi connectivity index (χ3v) is 17.9. The number of alkyl carbamates (subject to hydrolysis) is 1. The molecule has 0 bridgehead atoms. The molecule has 72 heavy (non-hydrogen) atoms. The van der Waals surface area contributed by atoms with Crippen molar-refractivity contribution in [2.75, 3.05) is 6.61 Å². The number of amides is 6. The van der Waals surface area contributed by atoms with Gasteiger partial charge in [0, 0.05) is 48.1 Å². The number of carbonyl (C=O) groups is 7. The molecule has 0 heterocycles. The van der Waals surface area contributed by atoms with Crippen LogP contribution < -0.4 is 31.9 Å². The Kier molecular flexibility index (Phi) is 22.0. The average Bonchev–Trinajstić information content (AvgIpc) is 4.13. The van der Waals surface area contributed by atoms with Crippen molar-refractivity contribution in [3.05, 3.63) is 0 Å². The van der Waals surface area contributed by atoms with Gasteiger partial charge in [0.15, 0.2) is 0 Å². The first-order valence-corrected chi connectivity index (χ1v) is 29.2. The van der Waals surface area contributed by atoms with E-state index in [-0.39, 0.29) is 125 Å². The van der Waals surface area contributed by atoms with Gasteiger partial charge in [-0.05, 0) is 141 Å². The predicted octanol–water partition coefficient (Wildman–Crippen LogP) is 8.70. The fourth-order valence-electron chi connectivity index (χ4n) is 14.1. The highest BCUT2D eigenvalue weighted by atomic mass is 16.6. The van der Waals surface area contributed by atoms with Crippen LogP contribution in [0.1, 0.15) is 215 Å². The zero-order valence-electron chi connectivity index (χ0n) is 45.4. The number of ether oxygens (including phenoxy) is 2. The van der Waals surface area contributed by atoms with Crippen LogP contribution in [-0.4, -0.2) is 90.1 Å². The van der Waals surface area contributed by atoms with Crippen molar-refractivity contribution < 1.29 is 43.0 Å². The van der Waals surface area contributed by atoms with E-state index >= 15 is 0 Å². The summed E-state index contributed by atoms with van der Waals surface area (Å²) in [6, 6.07) is -1.28. The predicted molar refractivity (Wildman–Crippen MR) is 278 cm³/mol. The number of carbonyl (C=O) groups excluding carboxylic acids is 7. The summed E-state index contributed by atoms with van der Waals surface area (Å²) < 4.78 is 11.2. The van der Waals surface area contributed by atoms with Gasteiger partial charge in [0.1, 0.15) is 5.60 Å². The Bertz CT molecular complexity index is 1820. The SMILES string of the molecule is CCCCOC(=O)[C@H](CC)[C@H]1CCCC[C@H]1NC(=O)[C@@H]1CCC[C@H]1NC(=O)[C@H](CC)[C@H]1CCCC[C@H]1NC(=O)[C@@H]1CCC[C@H]1NC(=O)[C@H](CC)[C@H]1CCCC[C@H]1NC(=O)[C@@H]1CCC[C@H]1NC(=O)OC(C)(C)C. The molecule has 15 atom stereocenters. The van der Waals surface area contributed by atoms with Gasteiger partial charge >= 0.3 is 12.1 Å². The Morgan fingerprint density at radius 3 is 1.14 bits per heavy atom. The molecule has 0 aromatic heterocycles. The molecule has 0 aromatic carbocycles. The van der Waals surface area contributed by atoms with E-state index in [0.29, 0.717) is 51.6 Å². The van der Waals surface area contributed by atoms with Crippen LogP contribution >= 0.6 is 0 Å². The van der Waals surface area contributed by atoms with Crippen LogP contribution in [0.25, 0.3) is 0 Å². The molecule has 0 saturated heterocycles. The molecule has 6 saturated carbocycles. The Labute approximate surface area is 432 Å². The van der Waals surface area contributed by atoms with E-state index in [9.17, 15) is 33.6 Å². The highest BCUT2D eigenvalue weighted by molar-refractivity contribution is 5.85. The van der Waals surface area contributed by atoms with Crippen LogP contribution in [0.4, 0.5) is 4.79 Å². The van der Waals surface area contributed by atoms with Crippen LogP contribution in [0.5, 0.6) is 0 Å². The fraction of sp³-hybridized carbons (Fsp3) is 0.877. The van der Waals surface area contributed by atoms with Crippen molar-refractivity contribution in [3.63, 3.8) is 0 Å². The Morgan fingerprint density at radius 1 is 0.431 bits per heavy atom. The van der Waals surface area contributed by atoms with Gasteiger partial charge in [0.25, 0.3) is 0 Å². The lowest BCUT2D eigenvalue weighted by atomic mass is 9.74. The van der Waals surface area contributed by atoms with E-state index in [1.807, 2.05) is 41.5 Å². The minimum atomic E-state index is -0.637. The molecule has 15 nitrogen and oxygen atoms in total. The molecule has 6 fully saturated rings. The van der Waals surface area contributed by atoms with Crippen molar-refractivity contribution >= 4 is 41.6 Å². The van der Waals surface area contributed by atoms with E-state index in [0.717, 1.165) is 122 Å². The topological polar surface area (TPSA) is 210 Å². The summed E-state index contributed by atoms with van der Waals surface area (Å²) in [5.74, 6) is -2.40. The average molecular weight is 1010 g/mol. The van der Waals surface area contributed by atoms with Crippen molar-refractivity contribution in [2.45, 2.75) is 257 Å². The van der Waals surface area contributed by atoms with E-state index < -0.39 is 11.7 Å². The normalized spacial score (nSPS) is 32.0. The largest absolute Gasteiger partial charge is 0.465 e. The highest BCUT2D eigenvalue weighted by Gasteiger charge is 2.45. The monoisotopic (exact) mass is 1010 g/mol. The number of esters is 1. The molecule has 0 unspecified atom stereocenters. The van der Waals surface area contributed by atoms with Crippen molar-refractivity contribution in [3.8, 4) is 0 Å². The van der Waals surface area contributed by atoms with Crippen LogP contribution in [0.3, 0.4) is 0 Å². The lowest BCUT2D eigenvalue weighted by molar-refractivity contribution is -0.152. The van der Waals surface area contributed by atoms with Crippen LogP contribution in [0, 0.1) is 53.3 Å². The smallest absolute Gasteiger partial charge is 0.407 e. The summed E-state index contributed by atoms with van der Waals surface area (Å²) >= 11 is 0. The van der Waals surface area contributed by atoms with Gasteiger partial charge in [0.05, 0.1) is 30.3 Å². The molecular formula is C57H96N6O9.